The maximum atomic E-state index is 12.7. The number of hydrogen-bond acceptors (Lipinski definition) is 7. The molecule has 0 aliphatic rings. The topological polar surface area (TPSA) is 128 Å². The maximum absolute atomic E-state index is 12.7. The average Bonchev–Trinajstić information content (AvgIpc) is 3.13. The van der Waals surface area contributed by atoms with Crippen LogP contribution in [-0.2, 0) is 9.53 Å². The van der Waals surface area contributed by atoms with E-state index in [0.717, 1.165) is 0 Å². The predicted molar refractivity (Wildman–Crippen MR) is 90.6 cm³/mol. The maximum Gasteiger partial charge on any atom is 0.269 e. The van der Waals surface area contributed by atoms with Crippen LogP contribution in [0.15, 0.2) is 41.1 Å². The van der Waals surface area contributed by atoms with E-state index in [-0.39, 0.29) is 30.2 Å². The van der Waals surface area contributed by atoms with E-state index in [1.807, 2.05) is 0 Å². The SMILES string of the molecule is COCCCN(CC(=O)Nc1ccon1)C(=O)c1ccc([N+](=O)[O-])cc1. The van der Waals surface area contributed by atoms with Gasteiger partial charge in [-0.25, -0.2) is 0 Å². The summed E-state index contributed by atoms with van der Waals surface area (Å²) in [6.45, 7) is 0.511. The molecule has 1 aromatic carbocycles. The van der Waals surface area contributed by atoms with Gasteiger partial charge in [-0.1, -0.05) is 5.16 Å². The summed E-state index contributed by atoms with van der Waals surface area (Å²) in [6, 6.07) is 6.69. The first-order valence-corrected chi connectivity index (χ1v) is 7.74. The minimum Gasteiger partial charge on any atom is -0.385 e. The molecule has 0 radical (unpaired) electrons. The van der Waals surface area contributed by atoms with E-state index in [2.05, 4.69) is 15.0 Å². The molecule has 0 unspecified atom stereocenters. The molecule has 0 fully saturated rings. The van der Waals surface area contributed by atoms with Gasteiger partial charge in [0.05, 0.1) is 4.92 Å². The minimum atomic E-state index is -0.546. The van der Waals surface area contributed by atoms with E-state index in [1.54, 1.807) is 7.11 Å². The van der Waals surface area contributed by atoms with Crippen molar-refractivity contribution in [2.24, 2.45) is 0 Å². The zero-order valence-electron chi connectivity index (χ0n) is 14.1. The lowest BCUT2D eigenvalue weighted by Crippen LogP contribution is -2.39. The number of carbonyl (C=O) groups excluding carboxylic acids is 2. The molecule has 0 bridgehead atoms. The number of amides is 2. The fraction of sp³-hybridized carbons (Fsp3) is 0.312. The van der Waals surface area contributed by atoms with Gasteiger partial charge in [0.1, 0.15) is 12.8 Å². The molecule has 2 rings (SSSR count). The molecule has 2 amide bonds. The van der Waals surface area contributed by atoms with E-state index in [1.165, 1.54) is 41.5 Å². The van der Waals surface area contributed by atoms with Crippen LogP contribution in [0.25, 0.3) is 0 Å². The van der Waals surface area contributed by atoms with Crippen molar-refractivity contribution in [2.75, 3.05) is 32.1 Å². The van der Waals surface area contributed by atoms with Crippen LogP contribution >= 0.6 is 0 Å². The van der Waals surface area contributed by atoms with Crippen LogP contribution in [0.4, 0.5) is 11.5 Å². The number of hydrogen-bond donors (Lipinski definition) is 1. The number of non-ortho nitro benzene ring substituents is 1. The molecule has 0 saturated heterocycles. The van der Waals surface area contributed by atoms with Gasteiger partial charge in [0.2, 0.25) is 5.91 Å². The lowest BCUT2D eigenvalue weighted by atomic mass is 10.1. The van der Waals surface area contributed by atoms with Gasteiger partial charge in [-0.2, -0.15) is 0 Å². The Labute approximate surface area is 148 Å². The smallest absolute Gasteiger partial charge is 0.269 e. The van der Waals surface area contributed by atoms with Gasteiger partial charge in [0, 0.05) is 44.0 Å². The van der Waals surface area contributed by atoms with Crippen LogP contribution < -0.4 is 5.32 Å². The zero-order chi connectivity index (χ0) is 18.9. The first-order chi connectivity index (χ1) is 12.5. The molecule has 1 N–H and O–H groups in total. The number of ether oxygens (including phenoxy) is 1. The Hall–Kier alpha value is -3.27. The lowest BCUT2D eigenvalue weighted by Gasteiger charge is -2.22. The molecule has 0 spiro atoms. The molecule has 26 heavy (non-hydrogen) atoms. The largest absolute Gasteiger partial charge is 0.385 e. The second-order valence-electron chi connectivity index (χ2n) is 5.31. The van der Waals surface area contributed by atoms with Gasteiger partial charge in [-0.05, 0) is 18.6 Å². The third-order valence-corrected chi connectivity index (χ3v) is 3.43. The molecule has 0 aliphatic carbocycles. The van der Waals surface area contributed by atoms with Gasteiger partial charge >= 0.3 is 0 Å². The van der Waals surface area contributed by atoms with Crippen molar-refractivity contribution < 1.29 is 23.8 Å². The third-order valence-electron chi connectivity index (χ3n) is 3.43. The van der Waals surface area contributed by atoms with E-state index in [0.29, 0.717) is 13.0 Å². The highest BCUT2D eigenvalue weighted by Gasteiger charge is 2.20. The first-order valence-electron chi connectivity index (χ1n) is 7.74. The second-order valence-corrected chi connectivity index (χ2v) is 5.31. The second kappa shape index (κ2) is 9.28. The molecular formula is C16H18N4O6. The van der Waals surface area contributed by atoms with Crippen molar-refractivity contribution in [3.05, 3.63) is 52.3 Å². The van der Waals surface area contributed by atoms with Crippen molar-refractivity contribution >= 4 is 23.3 Å². The Morgan fingerprint density at radius 1 is 1.31 bits per heavy atom. The van der Waals surface area contributed by atoms with Gasteiger partial charge in [-0.15, -0.1) is 0 Å². The van der Waals surface area contributed by atoms with Crippen LogP contribution in [0.2, 0.25) is 0 Å². The highest BCUT2D eigenvalue weighted by molar-refractivity contribution is 5.99. The number of nitro benzene ring substituents is 1. The Balaban J connectivity index is 2.07. The fourth-order valence-electron chi connectivity index (χ4n) is 2.19. The van der Waals surface area contributed by atoms with Crippen LogP contribution in [-0.4, -0.2) is 53.6 Å². The third kappa shape index (κ3) is 5.38. The number of methoxy groups -OCH3 is 1. The molecule has 0 atom stereocenters. The Bertz CT molecular complexity index is 745. The van der Waals surface area contributed by atoms with Gasteiger partial charge in [0.25, 0.3) is 11.6 Å². The Morgan fingerprint density at radius 3 is 2.62 bits per heavy atom. The van der Waals surface area contributed by atoms with Gasteiger partial charge in [-0.3, -0.25) is 19.7 Å². The molecule has 10 heteroatoms. The highest BCUT2D eigenvalue weighted by atomic mass is 16.6. The van der Waals surface area contributed by atoms with E-state index >= 15 is 0 Å². The number of nitrogens with one attached hydrogen (secondary N) is 1. The van der Waals surface area contributed by atoms with Crippen LogP contribution in [0, 0.1) is 10.1 Å². The summed E-state index contributed by atoms with van der Waals surface area (Å²) in [4.78, 5) is 36.3. The molecule has 2 aromatic rings. The van der Waals surface area contributed by atoms with E-state index in [9.17, 15) is 19.7 Å². The van der Waals surface area contributed by atoms with Gasteiger partial charge < -0.3 is 19.5 Å². The summed E-state index contributed by atoms with van der Waals surface area (Å²) in [5.41, 5.74) is 0.138. The fourth-order valence-corrected chi connectivity index (χ4v) is 2.19. The van der Waals surface area contributed by atoms with E-state index < -0.39 is 16.7 Å². The number of nitrogens with zero attached hydrogens (tertiary/aromatic N) is 3. The molecule has 138 valence electrons. The van der Waals surface area contributed by atoms with Crippen molar-refractivity contribution in [3.63, 3.8) is 0 Å². The molecule has 0 aliphatic heterocycles. The first kappa shape index (κ1) is 19.1. The Morgan fingerprint density at radius 2 is 2.04 bits per heavy atom. The van der Waals surface area contributed by atoms with Crippen molar-refractivity contribution in [3.8, 4) is 0 Å². The van der Waals surface area contributed by atoms with Crippen LogP contribution in [0.1, 0.15) is 16.8 Å². The highest BCUT2D eigenvalue weighted by Crippen LogP contribution is 2.14. The molecular weight excluding hydrogens is 344 g/mol. The molecule has 1 aromatic heterocycles. The van der Waals surface area contributed by atoms with Crippen LogP contribution in [0.5, 0.6) is 0 Å². The van der Waals surface area contributed by atoms with E-state index in [4.69, 9.17) is 4.74 Å². The summed E-state index contributed by atoms with van der Waals surface area (Å²) < 4.78 is 9.60. The number of carbonyl (C=O) groups is 2. The van der Waals surface area contributed by atoms with Gasteiger partial charge in [0.15, 0.2) is 5.82 Å². The summed E-state index contributed by atoms with van der Waals surface area (Å²) in [7, 11) is 1.54. The lowest BCUT2D eigenvalue weighted by molar-refractivity contribution is -0.384. The standard InChI is InChI=1S/C16H18N4O6/c1-25-9-2-8-19(11-15(21)17-14-7-10-26-18-14)16(22)12-3-5-13(6-4-12)20(23)24/h3-7,10H,2,8-9,11H2,1H3,(H,17,18,21). The quantitative estimate of drug-likeness (QED) is 0.408. The Kier molecular flexibility index (Phi) is 6.80. The number of aromatic nitrogens is 1. The summed E-state index contributed by atoms with van der Waals surface area (Å²) in [5, 5.41) is 16.8. The number of anilines is 1. The average molecular weight is 362 g/mol. The summed E-state index contributed by atoms with van der Waals surface area (Å²) >= 11 is 0. The number of benzene rings is 1. The normalized spacial score (nSPS) is 10.3. The summed E-state index contributed by atoms with van der Waals surface area (Å²) in [6.07, 6.45) is 1.85. The summed E-state index contributed by atoms with van der Waals surface area (Å²) in [5.74, 6) is -0.604. The zero-order valence-corrected chi connectivity index (χ0v) is 14.1. The monoisotopic (exact) mass is 362 g/mol. The number of rotatable bonds is 9. The predicted octanol–water partition coefficient (Wildman–Crippen LogP) is 1.70. The molecule has 0 saturated carbocycles. The van der Waals surface area contributed by atoms with Crippen LogP contribution in [0.3, 0.4) is 0 Å². The van der Waals surface area contributed by atoms with Crippen molar-refractivity contribution in [1.82, 2.24) is 10.1 Å². The number of nitro groups is 1. The molecule has 10 nitrogen and oxygen atoms in total. The van der Waals surface area contributed by atoms with Crippen molar-refractivity contribution in [2.45, 2.75) is 6.42 Å². The van der Waals surface area contributed by atoms with Crippen molar-refractivity contribution in [1.29, 1.82) is 0 Å². The molecule has 1 heterocycles. The minimum absolute atomic E-state index is 0.115.